The monoisotopic (exact) mass is 548 g/mol. The second kappa shape index (κ2) is 10.6. The van der Waals surface area contributed by atoms with Crippen LogP contribution in [0, 0.1) is 0 Å². The fraction of sp³-hybridized carbons (Fsp3) is 0. The van der Waals surface area contributed by atoms with Crippen molar-refractivity contribution in [2.24, 2.45) is 0 Å². The van der Waals surface area contributed by atoms with E-state index in [0.29, 0.717) is 11.1 Å². The van der Waals surface area contributed by atoms with E-state index in [-0.39, 0.29) is 22.3 Å². The molecule has 0 heterocycles. The van der Waals surface area contributed by atoms with Crippen molar-refractivity contribution < 1.29 is 35.5 Å². The molecule has 2 N–H and O–H groups in total. The molecule has 0 aromatic heterocycles. The fourth-order valence-corrected chi connectivity index (χ4v) is 5.19. The lowest BCUT2D eigenvalue weighted by molar-refractivity contribution is 0.103. The Kier molecular flexibility index (Phi) is 7.51. The first-order chi connectivity index (χ1) is 17.9. The molecule has 0 saturated carbocycles. The van der Waals surface area contributed by atoms with Gasteiger partial charge in [-0.25, -0.2) is 0 Å². The Bertz CT molecular complexity index is 1640. The van der Waals surface area contributed by atoms with Gasteiger partial charge in [0.1, 0.15) is 9.79 Å². The number of hydrogen-bond acceptors (Lipinski definition) is 6. The van der Waals surface area contributed by atoms with Gasteiger partial charge in [0.25, 0.3) is 20.2 Å². The molecule has 8 nitrogen and oxygen atoms in total. The lowest BCUT2D eigenvalue weighted by atomic mass is 10.0. The van der Waals surface area contributed by atoms with Crippen molar-refractivity contribution in [3.05, 3.63) is 130 Å². The van der Waals surface area contributed by atoms with Crippen LogP contribution in [-0.2, 0) is 20.2 Å². The van der Waals surface area contributed by atoms with E-state index in [2.05, 4.69) is 0 Å². The lowest BCUT2D eigenvalue weighted by Gasteiger charge is -2.09. The highest BCUT2D eigenvalue weighted by molar-refractivity contribution is 7.86. The molecule has 4 aromatic rings. The Morgan fingerprint density at radius 2 is 0.842 bits per heavy atom. The van der Waals surface area contributed by atoms with Crippen molar-refractivity contribution in [3.8, 4) is 0 Å². The van der Waals surface area contributed by atoms with Gasteiger partial charge in [-0.3, -0.25) is 18.7 Å². The van der Waals surface area contributed by atoms with Gasteiger partial charge >= 0.3 is 0 Å². The molecule has 4 aromatic carbocycles. The van der Waals surface area contributed by atoms with Crippen LogP contribution in [-0.4, -0.2) is 37.5 Å². The predicted octanol–water partition coefficient (Wildman–Crippen LogP) is 4.81. The van der Waals surface area contributed by atoms with Gasteiger partial charge in [-0.1, -0.05) is 97.1 Å². The quantitative estimate of drug-likeness (QED) is 0.181. The summed E-state index contributed by atoms with van der Waals surface area (Å²) < 4.78 is 67.9. The zero-order valence-corrected chi connectivity index (χ0v) is 21.2. The van der Waals surface area contributed by atoms with Crippen molar-refractivity contribution in [2.75, 3.05) is 0 Å². The largest absolute Gasteiger partial charge is 0.295 e. The smallest absolute Gasteiger partial charge is 0.289 e. The summed E-state index contributed by atoms with van der Waals surface area (Å²) in [5, 5.41) is 0. The highest BCUT2D eigenvalue weighted by Gasteiger charge is 2.20. The molecule has 0 aliphatic carbocycles. The Labute approximate surface area is 219 Å². The average Bonchev–Trinajstić information content (AvgIpc) is 2.91. The third-order valence-corrected chi connectivity index (χ3v) is 7.44. The van der Waals surface area contributed by atoms with Crippen LogP contribution in [0.3, 0.4) is 0 Å². The maximum Gasteiger partial charge on any atom is 0.295 e. The molecule has 192 valence electrons. The summed E-state index contributed by atoms with van der Waals surface area (Å²) in [4.78, 5) is 24.3. The maximum atomic E-state index is 12.7. The Morgan fingerprint density at radius 3 is 1.16 bits per heavy atom. The minimum atomic E-state index is -4.78. The molecule has 38 heavy (non-hydrogen) atoms. The van der Waals surface area contributed by atoms with E-state index in [1.165, 1.54) is 36.4 Å². The first-order valence-corrected chi connectivity index (χ1v) is 13.9. The van der Waals surface area contributed by atoms with Gasteiger partial charge in [-0.2, -0.15) is 16.8 Å². The molecule has 0 bridgehead atoms. The number of hydrogen-bond donors (Lipinski definition) is 2. The Morgan fingerprint density at radius 1 is 0.500 bits per heavy atom. The third-order valence-electron chi connectivity index (χ3n) is 5.62. The molecule has 0 amide bonds. The molecule has 0 unspecified atom stereocenters. The Hall–Kier alpha value is -4.22. The Balaban J connectivity index is 1.75. The van der Waals surface area contributed by atoms with Crippen molar-refractivity contribution in [1.82, 2.24) is 0 Å². The zero-order chi connectivity index (χ0) is 27.5. The molecule has 0 spiro atoms. The first kappa shape index (κ1) is 26.8. The van der Waals surface area contributed by atoms with E-state index in [1.807, 2.05) is 0 Å². The van der Waals surface area contributed by atoms with Gasteiger partial charge in [0.15, 0.2) is 11.6 Å². The van der Waals surface area contributed by atoms with Crippen LogP contribution >= 0.6 is 0 Å². The average molecular weight is 549 g/mol. The van der Waals surface area contributed by atoms with Gasteiger partial charge in [-0.15, -0.1) is 0 Å². The number of carbonyl (C=O) groups is 2. The van der Waals surface area contributed by atoms with Gasteiger partial charge in [0.05, 0.1) is 0 Å². The van der Waals surface area contributed by atoms with Crippen molar-refractivity contribution >= 4 is 44.0 Å². The van der Waals surface area contributed by atoms with Gasteiger partial charge in [0, 0.05) is 22.3 Å². The minimum Gasteiger partial charge on any atom is -0.289 e. The highest BCUT2D eigenvalue weighted by atomic mass is 32.2. The molecule has 0 fully saturated rings. The minimum absolute atomic E-state index is 0.0170. The fourth-order valence-electron chi connectivity index (χ4n) is 3.77. The second-order valence-electron chi connectivity index (χ2n) is 8.18. The van der Waals surface area contributed by atoms with Crippen LogP contribution in [0.25, 0.3) is 12.2 Å². The van der Waals surface area contributed by atoms with Gasteiger partial charge in [0.2, 0.25) is 0 Å². The van der Waals surface area contributed by atoms with Crippen molar-refractivity contribution in [3.63, 3.8) is 0 Å². The van der Waals surface area contributed by atoms with Crippen LogP contribution in [0.5, 0.6) is 0 Å². The van der Waals surface area contributed by atoms with Crippen molar-refractivity contribution in [2.45, 2.75) is 9.79 Å². The van der Waals surface area contributed by atoms with E-state index in [9.17, 15) is 35.5 Å². The summed E-state index contributed by atoms with van der Waals surface area (Å²) in [6.07, 6.45) is 2.42. The van der Waals surface area contributed by atoms with Gasteiger partial charge < -0.3 is 0 Å². The first-order valence-electron chi connectivity index (χ1n) is 11.1. The third kappa shape index (κ3) is 6.01. The maximum absolute atomic E-state index is 12.7. The molecule has 4 rings (SSSR count). The lowest BCUT2D eigenvalue weighted by Crippen LogP contribution is -2.07. The molecule has 0 atom stereocenters. The highest BCUT2D eigenvalue weighted by Crippen LogP contribution is 2.25. The summed E-state index contributed by atoms with van der Waals surface area (Å²) in [7, 11) is -9.56. The molecule has 0 aliphatic heterocycles. The van der Waals surface area contributed by atoms with E-state index in [4.69, 9.17) is 0 Å². The van der Waals surface area contributed by atoms with Crippen LogP contribution in [0.15, 0.2) is 107 Å². The van der Waals surface area contributed by atoms with Gasteiger partial charge in [-0.05, 0) is 23.3 Å². The number of carbonyl (C=O) groups excluding carboxylic acids is 2. The molecule has 0 aliphatic rings. The topological polar surface area (TPSA) is 143 Å². The van der Waals surface area contributed by atoms with Crippen LogP contribution in [0.4, 0.5) is 0 Å². The normalized spacial score (nSPS) is 11.9. The SMILES string of the molecule is O=C(c1ccccc1)c1ccc(/C=C/c2ccc(C(=O)c3ccccc3)cc2S(=O)(=O)O)c(S(=O)(=O)O)c1. The van der Waals surface area contributed by atoms with E-state index >= 15 is 0 Å². The molecule has 0 radical (unpaired) electrons. The van der Waals surface area contributed by atoms with Crippen LogP contribution in [0.1, 0.15) is 43.0 Å². The summed E-state index contributed by atoms with van der Waals surface area (Å²) >= 11 is 0. The number of rotatable bonds is 8. The summed E-state index contributed by atoms with van der Waals surface area (Å²) in [5.74, 6) is -0.920. The number of benzene rings is 4. The van der Waals surface area contributed by atoms with E-state index in [0.717, 1.165) is 12.1 Å². The molecular formula is C28H20O8S2. The van der Waals surface area contributed by atoms with Crippen molar-refractivity contribution in [1.29, 1.82) is 0 Å². The predicted molar refractivity (Wildman–Crippen MR) is 141 cm³/mol. The molecule has 10 heteroatoms. The zero-order valence-electron chi connectivity index (χ0n) is 19.6. The van der Waals surface area contributed by atoms with Crippen LogP contribution < -0.4 is 0 Å². The summed E-state index contributed by atoms with van der Waals surface area (Å²) in [6.45, 7) is 0. The number of ketones is 2. The van der Waals surface area contributed by atoms with E-state index < -0.39 is 41.6 Å². The van der Waals surface area contributed by atoms with Crippen LogP contribution in [0.2, 0.25) is 0 Å². The standard InChI is InChI=1S/C28H20O8S2/c29-27(21-7-3-1-4-8-21)23-15-13-19(25(17-23)37(31,32)33)11-12-20-14-16-24(18-26(20)38(34,35)36)28(30)22-9-5-2-6-10-22/h1-18H,(H,31,32,33)(H,34,35,36)/b12-11+. The second-order valence-corrected chi connectivity index (χ2v) is 11.0. The molecular weight excluding hydrogens is 528 g/mol. The summed E-state index contributed by atoms with van der Waals surface area (Å²) in [5.41, 5.74) is 0.595. The summed E-state index contributed by atoms with van der Waals surface area (Å²) in [6, 6.07) is 23.7. The van der Waals surface area contributed by atoms with E-state index in [1.54, 1.807) is 60.7 Å². The molecule has 0 saturated heterocycles.